The standard InChI is InChI=1S/C12H18ClNO5S/c1-18-8-9(5-6-15)14-20(16,17)10-3-4-12(19-2)11(13)7-10/h3-4,7,9,14-15H,5-6,8H2,1-2H3. The van der Waals surface area contributed by atoms with E-state index in [9.17, 15) is 8.42 Å². The number of nitrogens with one attached hydrogen (secondary N) is 1. The Bertz CT molecular complexity index is 529. The van der Waals surface area contributed by atoms with Crippen LogP contribution in [0.1, 0.15) is 6.42 Å². The van der Waals surface area contributed by atoms with Gasteiger partial charge in [0, 0.05) is 19.8 Å². The number of hydrogen-bond acceptors (Lipinski definition) is 5. The van der Waals surface area contributed by atoms with Crippen molar-refractivity contribution in [1.29, 1.82) is 0 Å². The number of ether oxygens (including phenoxy) is 2. The molecule has 1 aromatic rings. The highest BCUT2D eigenvalue weighted by Gasteiger charge is 2.20. The molecule has 0 heterocycles. The van der Waals surface area contributed by atoms with Gasteiger partial charge in [-0.25, -0.2) is 13.1 Å². The molecule has 2 N–H and O–H groups in total. The van der Waals surface area contributed by atoms with Crippen molar-refractivity contribution >= 4 is 21.6 Å². The molecule has 0 fully saturated rings. The zero-order valence-corrected chi connectivity index (χ0v) is 12.9. The molecule has 6 nitrogen and oxygen atoms in total. The molecule has 0 radical (unpaired) electrons. The highest BCUT2D eigenvalue weighted by molar-refractivity contribution is 7.89. The Kier molecular flexibility index (Phi) is 6.70. The molecule has 20 heavy (non-hydrogen) atoms. The zero-order valence-electron chi connectivity index (χ0n) is 11.3. The minimum Gasteiger partial charge on any atom is -0.495 e. The lowest BCUT2D eigenvalue weighted by Gasteiger charge is -2.17. The minimum atomic E-state index is -3.73. The largest absolute Gasteiger partial charge is 0.495 e. The smallest absolute Gasteiger partial charge is 0.240 e. The van der Waals surface area contributed by atoms with E-state index in [1.54, 1.807) is 0 Å². The third kappa shape index (κ3) is 4.60. The first-order chi connectivity index (χ1) is 9.44. The lowest BCUT2D eigenvalue weighted by Crippen LogP contribution is -2.38. The van der Waals surface area contributed by atoms with Gasteiger partial charge in [0.15, 0.2) is 0 Å². The molecule has 0 aliphatic carbocycles. The summed E-state index contributed by atoms with van der Waals surface area (Å²) < 4.78 is 36.7. The second-order valence-corrected chi connectivity index (χ2v) is 6.20. The Morgan fingerprint density at radius 3 is 2.60 bits per heavy atom. The molecule has 0 saturated carbocycles. The summed E-state index contributed by atoms with van der Waals surface area (Å²) in [5, 5.41) is 9.12. The minimum absolute atomic E-state index is 0.0299. The van der Waals surface area contributed by atoms with Gasteiger partial charge in [-0.05, 0) is 24.6 Å². The number of halogens is 1. The van der Waals surface area contributed by atoms with Crippen LogP contribution in [0.15, 0.2) is 23.1 Å². The van der Waals surface area contributed by atoms with Gasteiger partial charge in [-0.3, -0.25) is 0 Å². The van der Waals surface area contributed by atoms with Crippen molar-refractivity contribution in [3.8, 4) is 5.75 Å². The molecule has 0 amide bonds. The van der Waals surface area contributed by atoms with E-state index < -0.39 is 16.1 Å². The van der Waals surface area contributed by atoms with Crippen LogP contribution in [-0.2, 0) is 14.8 Å². The summed E-state index contributed by atoms with van der Waals surface area (Å²) >= 11 is 5.91. The normalized spacial score (nSPS) is 13.2. The van der Waals surface area contributed by atoms with Crippen molar-refractivity contribution in [1.82, 2.24) is 4.72 Å². The summed E-state index contributed by atoms with van der Waals surface area (Å²) in [4.78, 5) is 0.0299. The zero-order chi connectivity index (χ0) is 15.2. The average Bonchev–Trinajstić information content (AvgIpc) is 2.38. The van der Waals surface area contributed by atoms with E-state index in [1.807, 2.05) is 0 Å². The quantitative estimate of drug-likeness (QED) is 0.746. The Morgan fingerprint density at radius 1 is 1.40 bits per heavy atom. The number of methoxy groups -OCH3 is 2. The van der Waals surface area contributed by atoms with Gasteiger partial charge in [0.05, 0.1) is 23.6 Å². The molecule has 0 aliphatic heterocycles. The van der Waals surface area contributed by atoms with E-state index in [4.69, 9.17) is 26.2 Å². The molecule has 1 unspecified atom stereocenters. The fraction of sp³-hybridized carbons (Fsp3) is 0.500. The fourth-order valence-electron chi connectivity index (χ4n) is 1.64. The first-order valence-corrected chi connectivity index (χ1v) is 7.76. The van der Waals surface area contributed by atoms with Crippen molar-refractivity contribution in [2.24, 2.45) is 0 Å². The number of aliphatic hydroxyl groups is 1. The molecular weight excluding hydrogens is 306 g/mol. The third-order valence-electron chi connectivity index (χ3n) is 2.60. The van der Waals surface area contributed by atoms with E-state index in [0.717, 1.165) is 0 Å². The Hall–Kier alpha value is -0.860. The Labute approximate surface area is 123 Å². The second-order valence-electron chi connectivity index (χ2n) is 4.08. The van der Waals surface area contributed by atoms with E-state index in [-0.39, 0.29) is 29.6 Å². The third-order valence-corrected chi connectivity index (χ3v) is 4.41. The van der Waals surface area contributed by atoms with Gasteiger partial charge in [-0.2, -0.15) is 0 Å². The summed E-state index contributed by atoms with van der Waals surface area (Å²) in [7, 11) is -0.823. The van der Waals surface area contributed by atoms with E-state index in [1.165, 1.54) is 32.4 Å². The average molecular weight is 324 g/mol. The summed E-state index contributed by atoms with van der Waals surface area (Å²) in [6.45, 7) is 0.0313. The van der Waals surface area contributed by atoms with Crippen LogP contribution in [0.25, 0.3) is 0 Å². The van der Waals surface area contributed by atoms with Gasteiger partial charge in [-0.1, -0.05) is 11.6 Å². The van der Waals surface area contributed by atoms with Gasteiger partial charge < -0.3 is 14.6 Å². The molecule has 1 rings (SSSR count). The maximum absolute atomic E-state index is 12.2. The van der Waals surface area contributed by atoms with Gasteiger partial charge in [0.1, 0.15) is 5.75 Å². The van der Waals surface area contributed by atoms with Crippen LogP contribution in [0.2, 0.25) is 5.02 Å². The maximum atomic E-state index is 12.2. The summed E-state index contributed by atoms with van der Waals surface area (Å²) in [6.07, 6.45) is 0.261. The summed E-state index contributed by atoms with van der Waals surface area (Å²) in [5.41, 5.74) is 0. The topological polar surface area (TPSA) is 84.9 Å². The monoisotopic (exact) mass is 323 g/mol. The highest BCUT2D eigenvalue weighted by Crippen LogP contribution is 2.26. The van der Waals surface area contributed by atoms with Crippen molar-refractivity contribution < 1.29 is 23.0 Å². The van der Waals surface area contributed by atoms with E-state index >= 15 is 0 Å². The number of aliphatic hydroxyl groups excluding tert-OH is 1. The van der Waals surface area contributed by atoms with Crippen LogP contribution in [-0.4, -0.2) is 47.0 Å². The fourth-order valence-corrected chi connectivity index (χ4v) is 3.24. The van der Waals surface area contributed by atoms with Crippen molar-refractivity contribution in [3.05, 3.63) is 23.2 Å². The maximum Gasteiger partial charge on any atom is 0.240 e. The molecule has 0 aromatic heterocycles. The van der Waals surface area contributed by atoms with Crippen LogP contribution in [0, 0.1) is 0 Å². The van der Waals surface area contributed by atoms with Crippen LogP contribution in [0.5, 0.6) is 5.75 Å². The molecule has 0 aliphatic rings. The predicted molar refractivity (Wildman–Crippen MR) is 75.7 cm³/mol. The summed E-state index contributed by atoms with van der Waals surface area (Å²) in [6, 6.07) is 3.69. The van der Waals surface area contributed by atoms with Crippen LogP contribution < -0.4 is 9.46 Å². The Balaban J connectivity index is 2.94. The lowest BCUT2D eigenvalue weighted by molar-refractivity contribution is 0.158. The van der Waals surface area contributed by atoms with E-state index in [2.05, 4.69) is 4.72 Å². The molecular formula is C12H18ClNO5S. The number of benzene rings is 1. The summed E-state index contributed by atoms with van der Waals surface area (Å²) in [5.74, 6) is 0.398. The van der Waals surface area contributed by atoms with E-state index in [0.29, 0.717) is 5.75 Å². The SMILES string of the molecule is COCC(CCO)NS(=O)(=O)c1ccc(OC)c(Cl)c1. The first-order valence-electron chi connectivity index (χ1n) is 5.90. The molecule has 1 aromatic carbocycles. The molecule has 0 saturated heterocycles. The van der Waals surface area contributed by atoms with Gasteiger partial charge in [0.25, 0.3) is 0 Å². The lowest BCUT2D eigenvalue weighted by atomic mass is 10.2. The molecule has 8 heteroatoms. The van der Waals surface area contributed by atoms with Crippen molar-refractivity contribution in [3.63, 3.8) is 0 Å². The second kappa shape index (κ2) is 7.80. The molecule has 0 bridgehead atoms. The van der Waals surface area contributed by atoms with Crippen molar-refractivity contribution in [2.75, 3.05) is 27.4 Å². The van der Waals surface area contributed by atoms with Crippen LogP contribution in [0.4, 0.5) is 0 Å². The van der Waals surface area contributed by atoms with Crippen LogP contribution >= 0.6 is 11.6 Å². The van der Waals surface area contributed by atoms with Gasteiger partial charge in [0.2, 0.25) is 10.0 Å². The Morgan fingerprint density at radius 2 is 2.10 bits per heavy atom. The molecule has 114 valence electrons. The van der Waals surface area contributed by atoms with Crippen molar-refractivity contribution in [2.45, 2.75) is 17.4 Å². The van der Waals surface area contributed by atoms with Crippen LogP contribution in [0.3, 0.4) is 0 Å². The number of hydrogen-bond donors (Lipinski definition) is 2. The van der Waals surface area contributed by atoms with Gasteiger partial charge >= 0.3 is 0 Å². The first kappa shape index (κ1) is 17.2. The number of sulfonamides is 1. The molecule has 0 spiro atoms. The predicted octanol–water partition coefficient (Wildman–Crippen LogP) is 1.02. The van der Waals surface area contributed by atoms with Gasteiger partial charge in [-0.15, -0.1) is 0 Å². The highest BCUT2D eigenvalue weighted by atomic mass is 35.5. The molecule has 1 atom stereocenters. The number of rotatable bonds is 8.